The zero-order chi connectivity index (χ0) is 19.3. The average molecular weight is 372 g/mol. The molecule has 26 heavy (non-hydrogen) atoms. The predicted octanol–water partition coefficient (Wildman–Crippen LogP) is 1.77. The Morgan fingerprint density at radius 2 is 1.81 bits per heavy atom. The summed E-state index contributed by atoms with van der Waals surface area (Å²) in [4.78, 5) is 36.5. The lowest BCUT2D eigenvalue weighted by atomic mass is 10.2. The van der Waals surface area contributed by atoms with E-state index in [1.165, 1.54) is 0 Å². The normalized spacial score (nSPS) is 10.9. The first-order chi connectivity index (χ1) is 12.1. The molecule has 0 saturated carbocycles. The van der Waals surface area contributed by atoms with E-state index in [1.54, 1.807) is 0 Å². The van der Waals surface area contributed by atoms with Crippen LogP contribution >= 0.6 is 0 Å². The van der Waals surface area contributed by atoms with Gasteiger partial charge in [-0.05, 0) is 24.3 Å². The van der Waals surface area contributed by atoms with Gasteiger partial charge < -0.3 is 19.9 Å². The molecule has 8 nitrogen and oxygen atoms in total. The summed E-state index contributed by atoms with van der Waals surface area (Å²) in [6.45, 7) is -0.715. The van der Waals surface area contributed by atoms with Gasteiger partial charge in [0, 0.05) is 17.8 Å². The molecule has 2 rings (SSSR count). The van der Waals surface area contributed by atoms with Crippen molar-refractivity contribution in [1.29, 1.82) is 0 Å². The molecule has 0 aliphatic rings. The molecule has 0 atom stereocenters. The fourth-order valence-electron chi connectivity index (χ4n) is 1.80. The molecule has 3 N–H and O–H groups in total. The summed E-state index contributed by atoms with van der Waals surface area (Å²) in [7, 11) is 0. The van der Waals surface area contributed by atoms with Gasteiger partial charge in [0.15, 0.2) is 12.5 Å². The van der Waals surface area contributed by atoms with E-state index in [0.29, 0.717) is 0 Å². The molecule has 2 aromatic rings. The number of pyridine rings is 1. The first-order valence-electron chi connectivity index (χ1n) is 6.88. The van der Waals surface area contributed by atoms with Crippen LogP contribution < -0.4 is 15.6 Å². The van der Waals surface area contributed by atoms with Gasteiger partial charge in [-0.3, -0.25) is 14.6 Å². The molecular weight excluding hydrogens is 361 g/mol. The molecule has 11 heteroatoms. The van der Waals surface area contributed by atoms with Gasteiger partial charge in [-0.15, -0.1) is 13.2 Å². The van der Waals surface area contributed by atoms with Crippen molar-refractivity contribution in [2.75, 3.05) is 11.9 Å². The fraction of sp³-hybridized carbons (Fsp3) is 0.133. The lowest BCUT2D eigenvalue weighted by Crippen LogP contribution is -2.21. The van der Waals surface area contributed by atoms with Crippen LogP contribution in [0.15, 0.2) is 41.2 Å². The minimum Gasteiger partial charge on any atom is -0.494 e. The van der Waals surface area contributed by atoms with Crippen molar-refractivity contribution in [2.24, 2.45) is 0 Å². The zero-order valence-corrected chi connectivity index (χ0v) is 12.8. The molecular formula is C15H11F3N2O6. The van der Waals surface area contributed by atoms with Crippen LogP contribution in [0, 0.1) is 0 Å². The smallest absolute Gasteiger partial charge is 0.494 e. The lowest BCUT2D eigenvalue weighted by molar-refractivity contribution is -0.274. The SMILES string of the molecule is O=C(COC(=O)c1cc(O)[nH]c(=O)c1)Nc1ccc(OC(F)(F)F)cc1. The summed E-state index contributed by atoms with van der Waals surface area (Å²) < 4.78 is 44.5. The molecule has 1 aromatic heterocycles. The second kappa shape index (κ2) is 7.59. The minimum atomic E-state index is -4.83. The highest BCUT2D eigenvalue weighted by Gasteiger charge is 2.30. The quantitative estimate of drug-likeness (QED) is 0.689. The first kappa shape index (κ1) is 18.8. The van der Waals surface area contributed by atoms with Gasteiger partial charge in [0.25, 0.3) is 11.5 Å². The van der Waals surface area contributed by atoms with E-state index in [-0.39, 0.29) is 11.3 Å². The fourth-order valence-corrected chi connectivity index (χ4v) is 1.80. The lowest BCUT2D eigenvalue weighted by Gasteiger charge is -2.10. The number of H-pyrrole nitrogens is 1. The number of amides is 1. The third-order valence-corrected chi connectivity index (χ3v) is 2.77. The number of ether oxygens (including phenoxy) is 2. The topological polar surface area (TPSA) is 118 Å². The van der Waals surface area contributed by atoms with Crippen LogP contribution in [0.3, 0.4) is 0 Å². The summed E-state index contributed by atoms with van der Waals surface area (Å²) in [5.74, 6) is -2.79. The van der Waals surface area contributed by atoms with Gasteiger partial charge in [0.2, 0.25) is 0 Å². The molecule has 0 fully saturated rings. The van der Waals surface area contributed by atoms with Crippen molar-refractivity contribution in [3.63, 3.8) is 0 Å². The van der Waals surface area contributed by atoms with Crippen LogP contribution in [-0.2, 0) is 9.53 Å². The van der Waals surface area contributed by atoms with Gasteiger partial charge in [-0.1, -0.05) is 0 Å². The highest BCUT2D eigenvalue weighted by atomic mass is 19.4. The van der Waals surface area contributed by atoms with Crippen molar-refractivity contribution in [3.05, 3.63) is 52.3 Å². The Kier molecular flexibility index (Phi) is 5.50. The number of anilines is 1. The van der Waals surface area contributed by atoms with Crippen molar-refractivity contribution in [1.82, 2.24) is 4.98 Å². The van der Waals surface area contributed by atoms with E-state index in [4.69, 9.17) is 0 Å². The Morgan fingerprint density at radius 1 is 1.15 bits per heavy atom. The summed E-state index contributed by atoms with van der Waals surface area (Å²) in [5, 5.41) is 11.5. The van der Waals surface area contributed by atoms with Crippen LogP contribution in [-0.4, -0.2) is 34.9 Å². The van der Waals surface area contributed by atoms with Crippen LogP contribution in [0.4, 0.5) is 18.9 Å². The number of rotatable bonds is 5. The van der Waals surface area contributed by atoms with E-state index in [9.17, 15) is 32.7 Å². The summed E-state index contributed by atoms with van der Waals surface area (Å²) >= 11 is 0. The molecule has 0 radical (unpaired) electrons. The van der Waals surface area contributed by atoms with E-state index in [1.807, 2.05) is 4.98 Å². The number of hydrogen-bond donors (Lipinski definition) is 3. The van der Waals surface area contributed by atoms with Crippen molar-refractivity contribution >= 4 is 17.6 Å². The number of esters is 1. The molecule has 0 bridgehead atoms. The minimum absolute atomic E-state index is 0.148. The number of benzene rings is 1. The van der Waals surface area contributed by atoms with E-state index < -0.39 is 42.0 Å². The molecule has 0 saturated heterocycles. The molecule has 1 amide bonds. The van der Waals surface area contributed by atoms with Crippen LogP contribution in [0.5, 0.6) is 11.6 Å². The number of aromatic nitrogens is 1. The maximum atomic E-state index is 12.0. The molecule has 0 aliphatic heterocycles. The van der Waals surface area contributed by atoms with Gasteiger partial charge in [-0.2, -0.15) is 0 Å². The van der Waals surface area contributed by atoms with Gasteiger partial charge in [-0.25, -0.2) is 4.79 Å². The zero-order valence-electron chi connectivity index (χ0n) is 12.8. The Morgan fingerprint density at radius 3 is 2.38 bits per heavy atom. The second-order valence-corrected chi connectivity index (χ2v) is 4.81. The Labute approximate surface area is 143 Å². The van der Waals surface area contributed by atoms with E-state index in [0.717, 1.165) is 36.4 Å². The number of nitrogens with one attached hydrogen (secondary N) is 2. The van der Waals surface area contributed by atoms with Gasteiger partial charge in [0.05, 0.1) is 5.56 Å². The van der Waals surface area contributed by atoms with Crippen molar-refractivity contribution < 1.29 is 37.3 Å². The monoisotopic (exact) mass is 372 g/mol. The van der Waals surface area contributed by atoms with Crippen LogP contribution in [0.1, 0.15) is 10.4 Å². The number of carbonyl (C=O) groups is 2. The van der Waals surface area contributed by atoms with Crippen molar-refractivity contribution in [3.8, 4) is 11.6 Å². The van der Waals surface area contributed by atoms with Gasteiger partial charge in [0.1, 0.15) is 5.75 Å². The maximum absolute atomic E-state index is 12.0. The number of carbonyl (C=O) groups excluding carboxylic acids is 2. The third kappa shape index (κ3) is 5.85. The van der Waals surface area contributed by atoms with Gasteiger partial charge >= 0.3 is 12.3 Å². The van der Waals surface area contributed by atoms with Crippen LogP contribution in [0.25, 0.3) is 0 Å². The maximum Gasteiger partial charge on any atom is 0.573 e. The number of aromatic amines is 1. The molecule has 0 aliphatic carbocycles. The molecule has 0 spiro atoms. The predicted molar refractivity (Wildman–Crippen MR) is 80.8 cm³/mol. The molecule has 1 aromatic carbocycles. The largest absolute Gasteiger partial charge is 0.573 e. The Bertz CT molecular complexity index is 861. The second-order valence-electron chi connectivity index (χ2n) is 4.81. The highest BCUT2D eigenvalue weighted by molar-refractivity contribution is 5.95. The molecule has 0 unspecified atom stereocenters. The van der Waals surface area contributed by atoms with Crippen LogP contribution in [0.2, 0.25) is 0 Å². The molecule has 138 valence electrons. The Balaban J connectivity index is 1.88. The number of hydrogen-bond acceptors (Lipinski definition) is 6. The summed E-state index contributed by atoms with van der Waals surface area (Å²) in [5.41, 5.74) is -0.843. The number of aromatic hydroxyl groups is 1. The van der Waals surface area contributed by atoms with E-state index >= 15 is 0 Å². The summed E-state index contributed by atoms with van der Waals surface area (Å²) in [6.07, 6.45) is -4.83. The number of halogens is 3. The highest BCUT2D eigenvalue weighted by Crippen LogP contribution is 2.23. The average Bonchev–Trinajstić information content (AvgIpc) is 2.52. The first-order valence-corrected chi connectivity index (χ1v) is 6.88. The molecule has 1 heterocycles. The number of alkyl halides is 3. The summed E-state index contributed by atoms with van der Waals surface area (Å²) in [6, 6.07) is 6.13. The Hall–Kier alpha value is -3.50. The van der Waals surface area contributed by atoms with Crippen molar-refractivity contribution in [2.45, 2.75) is 6.36 Å². The standard InChI is InChI=1S/C15H11F3N2O6/c16-15(17,18)26-10-3-1-9(2-4-10)19-13(23)7-25-14(24)8-5-11(21)20-12(22)6-8/h1-6H,7H2,(H,19,23)(H2,20,21,22). The third-order valence-electron chi connectivity index (χ3n) is 2.77. The van der Waals surface area contributed by atoms with E-state index in [2.05, 4.69) is 14.8 Å².